The molecule has 8 atom stereocenters. The van der Waals surface area contributed by atoms with E-state index in [4.69, 9.17) is 9.47 Å². The molecule has 2 heteroatoms. The fourth-order valence-corrected chi connectivity index (χ4v) is 4.53. The van der Waals surface area contributed by atoms with Gasteiger partial charge in [0.15, 0.2) is 0 Å². The number of epoxide rings is 2. The molecule has 2 heterocycles. The van der Waals surface area contributed by atoms with E-state index in [9.17, 15) is 0 Å². The Labute approximate surface area is 97.7 Å². The third-order valence-electron chi connectivity index (χ3n) is 5.41. The Kier molecular flexibility index (Phi) is 2.00. The zero-order valence-electron chi connectivity index (χ0n) is 10.3. The molecule has 2 nitrogen and oxygen atoms in total. The van der Waals surface area contributed by atoms with Crippen molar-refractivity contribution in [2.75, 3.05) is 0 Å². The number of fused-ring (bicyclic) bond motifs is 2. The summed E-state index contributed by atoms with van der Waals surface area (Å²) in [5.41, 5.74) is 0. The Hall–Kier alpha value is -0.0800. The molecule has 2 aliphatic carbocycles. The minimum atomic E-state index is 0.601. The summed E-state index contributed by atoms with van der Waals surface area (Å²) in [4.78, 5) is 0. The smallest absolute Gasteiger partial charge is 0.0876 e. The predicted octanol–water partition coefficient (Wildman–Crippen LogP) is 2.61. The number of hydrogen-bond donors (Lipinski definition) is 0. The van der Waals surface area contributed by atoms with Crippen LogP contribution in [0.3, 0.4) is 0 Å². The van der Waals surface area contributed by atoms with Crippen LogP contribution in [0, 0.1) is 23.7 Å². The van der Waals surface area contributed by atoms with E-state index >= 15 is 0 Å². The SMILES string of the molecule is CC1CC2OC2C(C2C(C)CCC3OC32)C1. The molecular weight excluding hydrogens is 200 g/mol. The van der Waals surface area contributed by atoms with Crippen LogP contribution in [0.5, 0.6) is 0 Å². The molecule has 0 bridgehead atoms. The van der Waals surface area contributed by atoms with E-state index in [0.29, 0.717) is 24.4 Å². The first-order valence-corrected chi connectivity index (χ1v) is 7.05. The van der Waals surface area contributed by atoms with Crippen molar-refractivity contribution in [2.24, 2.45) is 23.7 Å². The predicted molar refractivity (Wildman–Crippen MR) is 61.1 cm³/mol. The van der Waals surface area contributed by atoms with E-state index in [0.717, 1.165) is 23.7 Å². The Balaban J connectivity index is 1.55. The molecule has 0 aromatic rings. The second-order valence-electron chi connectivity index (χ2n) is 6.65. The van der Waals surface area contributed by atoms with E-state index in [1.165, 1.54) is 25.7 Å². The van der Waals surface area contributed by atoms with Crippen molar-refractivity contribution in [3.05, 3.63) is 0 Å². The maximum atomic E-state index is 5.87. The second-order valence-corrected chi connectivity index (χ2v) is 6.65. The first-order chi connectivity index (χ1) is 7.74. The Morgan fingerprint density at radius 3 is 2.56 bits per heavy atom. The quantitative estimate of drug-likeness (QED) is 0.637. The summed E-state index contributed by atoms with van der Waals surface area (Å²) in [5.74, 6) is 3.32. The fourth-order valence-electron chi connectivity index (χ4n) is 4.53. The van der Waals surface area contributed by atoms with Crippen LogP contribution in [-0.2, 0) is 9.47 Å². The number of hydrogen-bond acceptors (Lipinski definition) is 2. The lowest BCUT2D eigenvalue weighted by atomic mass is 9.67. The van der Waals surface area contributed by atoms with Gasteiger partial charge in [0.05, 0.1) is 24.4 Å². The second kappa shape index (κ2) is 3.23. The van der Waals surface area contributed by atoms with Gasteiger partial charge in [-0.25, -0.2) is 0 Å². The molecule has 16 heavy (non-hydrogen) atoms. The summed E-state index contributed by atoms with van der Waals surface area (Å²) in [7, 11) is 0. The maximum Gasteiger partial charge on any atom is 0.0876 e. The van der Waals surface area contributed by atoms with E-state index in [1.54, 1.807) is 0 Å². The van der Waals surface area contributed by atoms with E-state index in [1.807, 2.05) is 0 Å². The zero-order valence-corrected chi connectivity index (χ0v) is 10.3. The molecule has 0 spiro atoms. The molecule has 0 aromatic carbocycles. The maximum absolute atomic E-state index is 5.87. The van der Waals surface area contributed by atoms with E-state index in [2.05, 4.69) is 13.8 Å². The van der Waals surface area contributed by atoms with Gasteiger partial charge in [-0.3, -0.25) is 0 Å². The molecule has 90 valence electrons. The molecule has 0 aromatic heterocycles. The molecule has 8 unspecified atom stereocenters. The van der Waals surface area contributed by atoms with Gasteiger partial charge >= 0.3 is 0 Å². The van der Waals surface area contributed by atoms with Crippen LogP contribution in [0.15, 0.2) is 0 Å². The highest BCUT2D eigenvalue weighted by atomic mass is 16.6. The van der Waals surface area contributed by atoms with Gasteiger partial charge in [-0.05, 0) is 49.4 Å². The summed E-state index contributed by atoms with van der Waals surface area (Å²) in [6.45, 7) is 4.82. The van der Waals surface area contributed by atoms with Crippen molar-refractivity contribution in [1.29, 1.82) is 0 Å². The van der Waals surface area contributed by atoms with E-state index in [-0.39, 0.29) is 0 Å². The standard InChI is InChI=1S/C14H22O2/c1-7-5-9(13-11(6-7)16-13)12-8(2)3-4-10-14(12)15-10/h7-14H,3-6H2,1-2H3. The molecule has 4 fully saturated rings. The lowest BCUT2D eigenvalue weighted by Gasteiger charge is -2.35. The van der Waals surface area contributed by atoms with Crippen molar-refractivity contribution in [3.63, 3.8) is 0 Å². The zero-order chi connectivity index (χ0) is 10.9. The Bertz CT molecular complexity index is 301. The van der Waals surface area contributed by atoms with Crippen molar-refractivity contribution < 1.29 is 9.47 Å². The van der Waals surface area contributed by atoms with Gasteiger partial charge < -0.3 is 9.47 Å². The number of rotatable bonds is 1. The van der Waals surface area contributed by atoms with Gasteiger partial charge in [-0.15, -0.1) is 0 Å². The van der Waals surface area contributed by atoms with Crippen LogP contribution in [0.25, 0.3) is 0 Å². The topological polar surface area (TPSA) is 25.1 Å². The normalized spacial score (nSPS) is 63.4. The molecule has 2 aliphatic heterocycles. The van der Waals surface area contributed by atoms with Crippen LogP contribution in [0.2, 0.25) is 0 Å². The highest BCUT2D eigenvalue weighted by Crippen LogP contribution is 2.55. The highest BCUT2D eigenvalue weighted by Gasteiger charge is 2.59. The van der Waals surface area contributed by atoms with Gasteiger partial charge in [0, 0.05) is 0 Å². The van der Waals surface area contributed by atoms with Gasteiger partial charge in [0.25, 0.3) is 0 Å². The minimum Gasteiger partial charge on any atom is -0.369 e. The monoisotopic (exact) mass is 222 g/mol. The average Bonchev–Trinajstić information content (AvgIpc) is 3.08. The van der Waals surface area contributed by atoms with E-state index < -0.39 is 0 Å². The van der Waals surface area contributed by atoms with Crippen molar-refractivity contribution in [2.45, 2.75) is 63.9 Å². The number of ether oxygens (including phenoxy) is 2. The molecule has 2 saturated carbocycles. The third-order valence-corrected chi connectivity index (χ3v) is 5.41. The van der Waals surface area contributed by atoms with Crippen molar-refractivity contribution >= 4 is 0 Å². The Morgan fingerprint density at radius 1 is 0.875 bits per heavy atom. The van der Waals surface area contributed by atoms with Crippen LogP contribution < -0.4 is 0 Å². The summed E-state index contributed by atoms with van der Waals surface area (Å²) in [5, 5.41) is 0. The first kappa shape index (κ1) is 9.90. The molecule has 4 rings (SSSR count). The van der Waals surface area contributed by atoms with Crippen molar-refractivity contribution in [3.8, 4) is 0 Å². The summed E-state index contributed by atoms with van der Waals surface area (Å²) >= 11 is 0. The van der Waals surface area contributed by atoms with Gasteiger partial charge in [0.2, 0.25) is 0 Å². The van der Waals surface area contributed by atoms with Gasteiger partial charge in [-0.2, -0.15) is 0 Å². The Morgan fingerprint density at radius 2 is 1.69 bits per heavy atom. The molecule has 0 radical (unpaired) electrons. The summed E-state index contributed by atoms with van der Waals surface area (Å²) < 4.78 is 11.7. The lowest BCUT2D eigenvalue weighted by Crippen LogP contribution is -2.37. The molecule has 2 saturated heterocycles. The fraction of sp³-hybridized carbons (Fsp3) is 1.00. The van der Waals surface area contributed by atoms with Crippen LogP contribution in [0.4, 0.5) is 0 Å². The first-order valence-electron chi connectivity index (χ1n) is 7.05. The average molecular weight is 222 g/mol. The largest absolute Gasteiger partial charge is 0.369 e. The molecular formula is C14H22O2. The molecule has 0 N–H and O–H groups in total. The van der Waals surface area contributed by atoms with Gasteiger partial charge in [-0.1, -0.05) is 13.8 Å². The summed E-state index contributed by atoms with van der Waals surface area (Å²) in [6, 6.07) is 0. The van der Waals surface area contributed by atoms with Crippen molar-refractivity contribution in [1.82, 2.24) is 0 Å². The highest BCUT2D eigenvalue weighted by molar-refractivity contribution is 5.07. The molecule has 4 aliphatic rings. The van der Waals surface area contributed by atoms with Crippen LogP contribution >= 0.6 is 0 Å². The minimum absolute atomic E-state index is 0.601. The lowest BCUT2D eigenvalue weighted by molar-refractivity contribution is 0.122. The van der Waals surface area contributed by atoms with Crippen LogP contribution in [-0.4, -0.2) is 24.4 Å². The van der Waals surface area contributed by atoms with Crippen LogP contribution in [0.1, 0.15) is 39.5 Å². The third kappa shape index (κ3) is 1.39. The van der Waals surface area contributed by atoms with Gasteiger partial charge in [0.1, 0.15) is 0 Å². The molecule has 0 amide bonds. The summed E-state index contributed by atoms with van der Waals surface area (Å²) in [6.07, 6.45) is 7.79.